The van der Waals surface area contributed by atoms with Crippen molar-refractivity contribution in [2.24, 2.45) is 5.73 Å². The molecular weight excluding hydrogens is 214 g/mol. The zero-order chi connectivity index (χ0) is 10.6. The summed E-state index contributed by atoms with van der Waals surface area (Å²) in [5.41, 5.74) is 6.36. The molecule has 1 atom stereocenters. The summed E-state index contributed by atoms with van der Waals surface area (Å²) in [4.78, 5) is 2.32. The monoisotopic (exact) mass is 229 g/mol. The molecule has 2 nitrogen and oxygen atoms in total. The van der Waals surface area contributed by atoms with E-state index in [0.717, 1.165) is 10.5 Å². The second-order valence-corrected chi connectivity index (χ2v) is 4.59. The first kappa shape index (κ1) is 11.9. The fourth-order valence-corrected chi connectivity index (χ4v) is 2.42. The second-order valence-electron chi connectivity index (χ2n) is 2.86. The number of rotatable bonds is 4. The van der Waals surface area contributed by atoms with Crippen molar-refractivity contribution >= 4 is 23.5 Å². The molecule has 14 heavy (non-hydrogen) atoms. The zero-order valence-electron chi connectivity index (χ0n) is 8.36. The molecule has 1 aromatic rings. The van der Waals surface area contributed by atoms with Crippen LogP contribution in [0.2, 0.25) is 0 Å². The number of nitrogens with two attached hydrogens (primary N) is 1. The Morgan fingerprint density at radius 2 is 2.07 bits per heavy atom. The standard InChI is InChI=1S/C10H15NOS2/c1-13-7-3-4-8(9(12)6-11)10(5-7)14-2/h3-5,9,12H,6,11H2,1-2H3. The molecule has 0 amide bonds. The lowest BCUT2D eigenvalue weighted by atomic mass is 10.1. The Balaban J connectivity index is 3.04. The van der Waals surface area contributed by atoms with Crippen molar-refractivity contribution in [3.63, 3.8) is 0 Å². The van der Waals surface area contributed by atoms with Crippen LogP contribution in [0.3, 0.4) is 0 Å². The van der Waals surface area contributed by atoms with Crippen LogP contribution < -0.4 is 5.73 Å². The molecule has 1 unspecified atom stereocenters. The van der Waals surface area contributed by atoms with Gasteiger partial charge in [-0.05, 0) is 30.2 Å². The lowest BCUT2D eigenvalue weighted by Crippen LogP contribution is -2.12. The Bertz CT molecular complexity index is 304. The van der Waals surface area contributed by atoms with E-state index in [1.807, 2.05) is 24.6 Å². The first-order chi connectivity index (χ1) is 6.72. The van der Waals surface area contributed by atoms with E-state index in [-0.39, 0.29) is 6.54 Å². The predicted octanol–water partition coefficient (Wildman–Crippen LogP) is 2.12. The number of aliphatic hydroxyl groups is 1. The highest BCUT2D eigenvalue weighted by molar-refractivity contribution is 7.99. The van der Waals surface area contributed by atoms with Crippen molar-refractivity contribution in [3.8, 4) is 0 Å². The molecule has 0 radical (unpaired) electrons. The topological polar surface area (TPSA) is 46.2 Å². The summed E-state index contributed by atoms with van der Waals surface area (Å²) >= 11 is 3.34. The SMILES string of the molecule is CSc1ccc(C(O)CN)c(SC)c1. The average Bonchev–Trinajstić information content (AvgIpc) is 2.27. The van der Waals surface area contributed by atoms with Crippen LogP contribution in [0.1, 0.15) is 11.7 Å². The van der Waals surface area contributed by atoms with E-state index in [0.29, 0.717) is 0 Å². The van der Waals surface area contributed by atoms with Gasteiger partial charge >= 0.3 is 0 Å². The van der Waals surface area contributed by atoms with Crippen molar-refractivity contribution in [1.82, 2.24) is 0 Å². The van der Waals surface area contributed by atoms with Crippen LogP contribution in [0.15, 0.2) is 28.0 Å². The van der Waals surface area contributed by atoms with Gasteiger partial charge in [-0.15, -0.1) is 23.5 Å². The summed E-state index contributed by atoms with van der Waals surface area (Å²) in [7, 11) is 0. The second kappa shape index (κ2) is 5.66. The van der Waals surface area contributed by atoms with Crippen LogP contribution in [-0.4, -0.2) is 24.2 Å². The van der Waals surface area contributed by atoms with Crippen LogP contribution in [0.5, 0.6) is 0 Å². The van der Waals surface area contributed by atoms with Crippen molar-refractivity contribution in [2.75, 3.05) is 19.1 Å². The van der Waals surface area contributed by atoms with Gasteiger partial charge in [-0.3, -0.25) is 0 Å². The molecule has 0 fully saturated rings. The van der Waals surface area contributed by atoms with Gasteiger partial charge in [-0.2, -0.15) is 0 Å². The van der Waals surface area contributed by atoms with E-state index < -0.39 is 6.10 Å². The maximum Gasteiger partial charge on any atom is 0.0923 e. The Morgan fingerprint density at radius 1 is 1.36 bits per heavy atom. The van der Waals surface area contributed by atoms with E-state index in [9.17, 15) is 5.11 Å². The van der Waals surface area contributed by atoms with Crippen LogP contribution in [0.4, 0.5) is 0 Å². The summed E-state index contributed by atoms with van der Waals surface area (Å²) in [6, 6.07) is 6.05. The third kappa shape index (κ3) is 2.67. The molecule has 0 heterocycles. The molecule has 0 aromatic heterocycles. The molecule has 0 aliphatic heterocycles. The van der Waals surface area contributed by atoms with Gasteiger partial charge in [0.1, 0.15) is 0 Å². The highest BCUT2D eigenvalue weighted by Gasteiger charge is 2.10. The number of hydrogen-bond acceptors (Lipinski definition) is 4. The molecule has 4 heteroatoms. The summed E-state index contributed by atoms with van der Waals surface area (Å²) in [6.45, 7) is 0.270. The minimum atomic E-state index is -0.548. The van der Waals surface area contributed by atoms with E-state index in [1.165, 1.54) is 4.90 Å². The van der Waals surface area contributed by atoms with Crippen LogP contribution >= 0.6 is 23.5 Å². The first-order valence-corrected chi connectivity index (χ1v) is 6.78. The molecule has 0 spiro atoms. The number of benzene rings is 1. The van der Waals surface area contributed by atoms with E-state index >= 15 is 0 Å². The minimum absolute atomic E-state index is 0.270. The summed E-state index contributed by atoms with van der Waals surface area (Å²) < 4.78 is 0. The quantitative estimate of drug-likeness (QED) is 0.776. The van der Waals surface area contributed by atoms with Gasteiger partial charge in [0.05, 0.1) is 6.10 Å². The minimum Gasteiger partial charge on any atom is -0.387 e. The van der Waals surface area contributed by atoms with Crippen LogP contribution in [0, 0.1) is 0 Å². The molecule has 0 aliphatic rings. The normalized spacial score (nSPS) is 12.9. The lowest BCUT2D eigenvalue weighted by Gasteiger charge is -2.13. The molecule has 3 N–H and O–H groups in total. The van der Waals surface area contributed by atoms with Gasteiger partial charge in [0.2, 0.25) is 0 Å². The number of hydrogen-bond donors (Lipinski definition) is 2. The highest BCUT2D eigenvalue weighted by Crippen LogP contribution is 2.29. The molecule has 0 saturated carbocycles. The zero-order valence-corrected chi connectivity index (χ0v) is 9.99. The Morgan fingerprint density at radius 3 is 2.57 bits per heavy atom. The maximum absolute atomic E-state index is 9.66. The fourth-order valence-electron chi connectivity index (χ4n) is 1.22. The summed E-state index contributed by atoms with van der Waals surface area (Å²) in [5, 5.41) is 9.66. The van der Waals surface area contributed by atoms with Crippen molar-refractivity contribution in [1.29, 1.82) is 0 Å². The molecule has 1 aromatic carbocycles. The van der Waals surface area contributed by atoms with Gasteiger partial charge in [0.25, 0.3) is 0 Å². The molecule has 0 aliphatic carbocycles. The predicted molar refractivity (Wildman–Crippen MR) is 64.0 cm³/mol. The smallest absolute Gasteiger partial charge is 0.0923 e. The van der Waals surface area contributed by atoms with Gasteiger partial charge < -0.3 is 10.8 Å². The Kier molecular flexibility index (Phi) is 4.81. The van der Waals surface area contributed by atoms with Crippen molar-refractivity contribution in [3.05, 3.63) is 23.8 Å². The molecule has 78 valence electrons. The van der Waals surface area contributed by atoms with Gasteiger partial charge in [-0.25, -0.2) is 0 Å². The van der Waals surface area contributed by atoms with E-state index in [2.05, 4.69) is 6.07 Å². The van der Waals surface area contributed by atoms with Crippen molar-refractivity contribution < 1.29 is 5.11 Å². The third-order valence-electron chi connectivity index (χ3n) is 2.02. The summed E-state index contributed by atoms with van der Waals surface area (Å²) in [6.07, 6.45) is 3.50. The van der Waals surface area contributed by atoms with Crippen LogP contribution in [-0.2, 0) is 0 Å². The Labute approximate surface area is 93.3 Å². The fraction of sp³-hybridized carbons (Fsp3) is 0.400. The molecule has 0 saturated heterocycles. The van der Waals surface area contributed by atoms with E-state index in [4.69, 9.17) is 5.73 Å². The first-order valence-electron chi connectivity index (χ1n) is 4.33. The molecule has 1 rings (SSSR count). The maximum atomic E-state index is 9.66. The van der Waals surface area contributed by atoms with Crippen LogP contribution in [0.25, 0.3) is 0 Å². The van der Waals surface area contributed by atoms with Gasteiger partial charge in [0.15, 0.2) is 0 Å². The largest absolute Gasteiger partial charge is 0.387 e. The summed E-state index contributed by atoms with van der Waals surface area (Å²) in [5.74, 6) is 0. The van der Waals surface area contributed by atoms with Gasteiger partial charge in [0, 0.05) is 16.3 Å². The third-order valence-corrected chi connectivity index (χ3v) is 3.54. The molecule has 0 bridgehead atoms. The highest BCUT2D eigenvalue weighted by atomic mass is 32.2. The van der Waals surface area contributed by atoms with Crippen molar-refractivity contribution in [2.45, 2.75) is 15.9 Å². The lowest BCUT2D eigenvalue weighted by molar-refractivity contribution is 0.184. The molecular formula is C10H15NOS2. The average molecular weight is 229 g/mol. The number of thioether (sulfide) groups is 2. The number of aliphatic hydroxyl groups excluding tert-OH is 1. The van der Waals surface area contributed by atoms with E-state index in [1.54, 1.807) is 23.5 Å². The Hall–Kier alpha value is -0.160. The van der Waals surface area contributed by atoms with Gasteiger partial charge in [-0.1, -0.05) is 6.07 Å².